The number of hydrogen-bond acceptors (Lipinski definition) is 8. The van der Waals surface area contributed by atoms with Crippen molar-refractivity contribution in [2.45, 2.75) is 39.2 Å². The summed E-state index contributed by atoms with van der Waals surface area (Å²) in [4.78, 5) is 32.0. The summed E-state index contributed by atoms with van der Waals surface area (Å²) in [5.41, 5.74) is 5.15. The summed E-state index contributed by atoms with van der Waals surface area (Å²) in [5.74, 6) is -0.998. The van der Waals surface area contributed by atoms with Crippen molar-refractivity contribution in [2.24, 2.45) is 5.73 Å². The van der Waals surface area contributed by atoms with Crippen LogP contribution in [-0.4, -0.2) is 49.3 Å². The van der Waals surface area contributed by atoms with E-state index in [1.807, 2.05) is 0 Å². The van der Waals surface area contributed by atoms with Crippen LogP contribution in [0, 0.1) is 0 Å². The van der Waals surface area contributed by atoms with Crippen molar-refractivity contribution in [3.05, 3.63) is 0 Å². The molecule has 0 aliphatic heterocycles. The van der Waals surface area contributed by atoms with Gasteiger partial charge in [0.2, 0.25) is 0 Å². The summed E-state index contributed by atoms with van der Waals surface area (Å²) >= 11 is 0. The van der Waals surface area contributed by atoms with Gasteiger partial charge in [-0.3, -0.25) is 18.6 Å². The van der Waals surface area contributed by atoms with E-state index < -0.39 is 32.5 Å². The fourth-order valence-electron chi connectivity index (χ4n) is 1.24. The third kappa shape index (κ3) is 10.7. The summed E-state index contributed by atoms with van der Waals surface area (Å²) in [6.07, 6.45) is -0.0662. The molecule has 0 amide bonds. The Bertz CT molecular complexity index is 389. The predicted octanol–water partition coefficient (Wildman–Crippen LogP) is 0.744. The number of nitrogens with two attached hydrogens (primary N) is 1. The minimum atomic E-state index is -4.29. The second kappa shape index (κ2) is 11.6. The number of hydrogen-bond donors (Lipinski definition) is 2. The van der Waals surface area contributed by atoms with Gasteiger partial charge >= 0.3 is 19.8 Å². The highest BCUT2D eigenvalue weighted by molar-refractivity contribution is 7.47. The van der Waals surface area contributed by atoms with Crippen molar-refractivity contribution in [3.8, 4) is 0 Å². The molecule has 0 heterocycles. The lowest BCUT2D eigenvalue weighted by molar-refractivity contribution is -0.161. The Hall–Kier alpha value is -0.990. The fraction of sp³-hybridized carbons (Fsp3) is 0.833. The normalized spacial score (nSPS) is 14.9. The molecule has 0 spiro atoms. The number of carbonyl (C=O) groups excluding carboxylic acids is 2. The topological polar surface area (TPSA) is 134 Å². The van der Waals surface area contributed by atoms with Gasteiger partial charge < -0.3 is 20.1 Å². The van der Waals surface area contributed by atoms with E-state index >= 15 is 0 Å². The van der Waals surface area contributed by atoms with Crippen LogP contribution in [-0.2, 0) is 32.7 Å². The lowest BCUT2D eigenvalue weighted by atomic mass is 10.3. The molecule has 22 heavy (non-hydrogen) atoms. The molecule has 0 aliphatic carbocycles. The molecule has 0 radical (unpaired) electrons. The van der Waals surface area contributed by atoms with E-state index in [0.29, 0.717) is 6.42 Å². The van der Waals surface area contributed by atoms with Crippen molar-refractivity contribution in [3.63, 3.8) is 0 Å². The van der Waals surface area contributed by atoms with Crippen LogP contribution in [0.5, 0.6) is 0 Å². The zero-order chi connectivity index (χ0) is 17.0. The van der Waals surface area contributed by atoms with E-state index in [9.17, 15) is 19.0 Å². The van der Waals surface area contributed by atoms with Gasteiger partial charge in [-0.15, -0.1) is 0 Å². The van der Waals surface area contributed by atoms with Crippen molar-refractivity contribution in [1.29, 1.82) is 0 Å². The molecular weight excluding hydrogens is 317 g/mol. The molecule has 2 atom stereocenters. The monoisotopic (exact) mass is 341 g/mol. The summed E-state index contributed by atoms with van der Waals surface area (Å²) < 4.78 is 30.6. The first-order chi connectivity index (χ1) is 10.3. The maximum absolute atomic E-state index is 11.5. The van der Waals surface area contributed by atoms with Crippen LogP contribution in [0.1, 0.15) is 33.1 Å². The zero-order valence-electron chi connectivity index (χ0n) is 12.9. The van der Waals surface area contributed by atoms with Crippen LogP contribution >= 0.6 is 7.82 Å². The maximum Gasteiger partial charge on any atom is 0.472 e. The maximum atomic E-state index is 11.5. The summed E-state index contributed by atoms with van der Waals surface area (Å²) in [7, 11) is -4.29. The van der Waals surface area contributed by atoms with E-state index in [1.165, 1.54) is 0 Å². The molecule has 3 N–H and O–H groups in total. The molecule has 10 heteroatoms. The summed E-state index contributed by atoms with van der Waals surface area (Å²) in [6.45, 7) is 2.60. The summed E-state index contributed by atoms with van der Waals surface area (Å²) in [6, 6.07) is 0. The Morgan fingerprint density at radius 2 is 1.86 bits per heavy atom. The van der Waals surface area contributed by atoms with Crippen molar-refractivity contribution in [1.82, 2.24) is 0 Å². The van der Waals surface area contributed by atoms with Gasteiger partial charge in [0.1, 0.15) is 6.61 Å². The molecule has 0 saturated carbocycles. The molecule has 0 bridgehead atoms. The van der Waals surface area contributed by atoms with Gasteiger partial charge in [0, 0.05) is 19.4 Å². The van der Waals surface area contributed by atoms with Crippen LogP contribution in [0.25, 0.3) is 0 Å². The highest BCUT2D eigenvalue weighted by Gasteiger charge is 2.25. The molecule has 0 aromatic rings. The molecule has 0 aliphatic rings. The second-order valence-electron chi connectivity index (χ2n) is 4.28. The van der Waals surface area contributed by atoms with Gasteiger partial charge in [-0.1, -0.05) is 13.8 Å². The molecule has 0 saturated heterocycles. The van der Waals surface area contributed by atoms with E-state index in [2.05, 4.69) is 4.52 Å². The number of rotatable bonds is 12. The Balaban J connectivity index is 4.46. The average molecular weight is 341 g/mol. The van der Waals surface area contributed by atoms with E-state index in [1.54, 1.807) is 13.8 Å². The van der Waals surface area contributed by atoms with Crippen molar-refractivity contribution in [2.75, 3.05) is 26.4 Å². The van der Waals surface area contributed by atoms with Gasteiger partial charge in [0.25, 0.3) is 0 Å². The average Bonchev–Trinajstić information content (AvgIpc) is 2.47. The number of phosphoric ester groups is 1. The van der Waals surface area contributed by atoms with Gasteiger partial charge in [-0.05, 0) is 6.42 Å². The molecule has 0 aromatic carbocycles. The van der Waals surface area contributed by atoms with E-state index in [-0.39, 0.29) is 32.6 Å². The van der Waals surface area contributed by atoms with Gasteiger partial charge in [0.05, 0.1) is 13.2 Å². The first-order valence-electron chi connectivity index (χ1n) is 7.01. The smallest absolute Gasteiger partial charge is 0.462 e. The van der Waals surface area contributed by atoms with Crippen LogP contribution in [0.2, 0.25) is 0 Å². The zero-order valence-corrected chi connectivity index (χ0v) is 13.8. The predicted molar refractivity (Wildman–Crippen MR) is 76.8 cm³/mol. The Morgan fingerprint density at radius 1 is 1.18 bits per heavy atom. The highest BCUT2D eigenvalue weighted by Crippen LogP contribution is 2.43. The minimum absolute atomic E-state index is 0.0525. The van der Waals surface area contributed by atoms with Crippen LogP contribution < -0.4 is 5.73 Å². The first kappa shape index (κ1) is 21.0. The number of esters is 2. The number of ether oxygens (including phenoxy) is 2. The van der Waals surface area contributed by atoms with Crippen LogP contribution in [0.3, 0.4) is 0 Å². The Morgan fingerprint density at radius 3 is 2.41 bits per heavy atom. The molecule has 0 rings (SSSR count). The molecular formula is C12H24NO8P. The van der Waals surface area contributed by atoms with Gasteiger partial charge in [0.15, 0.2) is 6.10 Å². The summed E-state index contributed by atoms with van der Waals surface area (Å²) in [5, 5.41) is 0. The number of phosphoric acid groups is 1. The fourth-order valence-corrected chi connectivity index (χ4v) is 2.00. The van der Waals surface area contributed by atoms with Gasteiger partial charge in [-0.25, -0.2) is 4.57 Å². The Kier molecular flexibility index (Phi) is 11.0. The van der Waals surface area contributed by atoms with E-state index in [4.69, 9.17) is 19.7 Å². The molecule has 0 aromatic heterocycles. The van der Waals surface area contributed by atoms with Gasteiger partial charge in [-0.2, -0.15) is 0 Å². The van der Waals surface area contributed by atoms with E-state index in [0.717, 1.165) is 0 Å². The minimum Gasteiger partial charge on any atom is -0.462 e. The molecule has 2 unspecified atom stereocenters. The lowest BCUT2D eigenvalue weighted by Gasteiger charge is -2.19. The molecule has 130 valence electrons. The van der Waals surface area contributed by atoms with Crippen LogP contribution in [0.15, 0.2) is 0 Å². The first-order valence-corrected chi connectivity index (χ1v) is 8.51. The lowest BCUT2D eigenvalue weighted by Crippen LogP contribution is -2.29. The molecule has 0 fully saturated rings. The van der Waals surface area contributed by atoms with Crippen molar-refractivity contribution >= 4 is 19.8 Å². The third-order valence-electron chi connectivity index (χ3n) is 2.27. The van der Waals surface area contributed by atoms with Crippen molar-refractivity contribution < 1.29 is 37.6 Å². The standard InChI is InChI=1S/C12H24NO8P/c1-3-5-12(15)21-10(8-18-11(14)4-2)9-20-22(16,17)19-7-6-13/h10H,3-9,13H2,1-2H3,(H,16,17). The quantitative estimate of drug-likeness (QED) is 0.389. The largest absolute Gasteiger partial charge is 0.472 e. The Labute approximate surface area is 129 Å². The van der Waals surface area contributed by atoms with Crippen LogP contribution in [0.4, 0.5) is 0 Å². The second-order valence-corrected chi connectivity index (χ2v) is 5.74. The number of carbonyl (C=O) groups is 2. The molecule has 9 nitrogen and oxygen atoms in total. The SMILES string of the molecule is CCCC(=O)OC(COC(=O)CC)COP(=O)(O)OCCN. The highest BCUT2D eigenvalue weighted by atomic mass is 31.2. The third-order valence-corrected chi connectivity index (χ3v) is 3.25.